The summed E-state index contributed by atoms with van der Waals surface area (Å²) in [6.07, 6.45) is 3.52. The summed E-state index contributed by atoms with van der Waals surface area (Å²) in [4.78, 5) is 20.6. The molecule has 138 valence electrons. The fraction of sp³-hybridized carbons (Fsp3) is 0.238. The van der Waals surface area contributed by atoms with Crippen molar-refractivity contribution in [1.29, 1.82) is 0 Å². The maximum absolute atomic E-state index is 11.1. The molecule has 3 N–H and O–H groups in total. The van der Waals surface area contributed by atoms with Gasteiger partial charge in [0, 0.05) is 42.4 Å². The van der Waals surface area contributed by atoms with E-state index >= 15 is 0 Å². The minimum Gasteiger partial charge on any atom is -0.478 e. The molecule has 0 fully saturated rings. The maximum atomic E-state index is 11.1. The minimum atomic E-state index is -0.928. The number of aromatic amines is 1. The number of carboxylic acid groups (broad SMARTS) is 1. The average molecular weight is 363 g/mol. The van der Waals surface area contributed by atoms with Gasteiger partial charge in [-0.2, -0.15) is 0 Å². The van der Waals surface area contributed by atoms with Crippen molar-refractivity contribution in [3.05, 3.63) is 76.9 Å². The van der Waals surface area contributed by atoms with Gasteiger partial charge < -0.3 is 15.2 Å². The third kappa shape index (κ3) is 3.13. The summed E-state index contributed by atoms with van der Waals surface area (Å²) < 4.78 is 0. The quantitative estimate of drug-likeness (QED) is 0.647. The summed E-state index contributed by atoms with van der Waals surface area (Å²) in [6, 6.07) is 10.6. The lowest BCUT2D eigenvalue weighted by Crippen LogP contribution is -2.23. The molecule has 0 aliphatic carbocycles. The number of rotatable bonds is 5. The molecule has 0 radical (unpaired) electrons. The third-order valence-corrected chi connectivity index (χ3v) is 5.12. The first-order chi connectivity index (χ1) is 13.1. The molecule has 0 bridgehead atoms. The Bertz CT molecular complexity index is 964. The highest BCUT2D eigenvalue weighted by Crippen LogP contribution is 2.38. The van der Waals surface area contributed by atoms with Crippen LogP contribution in [-0.2, 0) is 19.5 Å². The predicted octanol–water partition coefficient (Wildman–Crippen LogP) is 3.34. The molecule has 1 aliphatic heterocycles. The first-order valence-electron chi connectivity index (χ1n) is 8.96. The Labute approximate surface area is 157 Å². The second kappa shape index (κ2) is 6.98. The first-order valence-corrected chi connectivity index (χ1v) is 8.96. The lowest BCUT2D eigenvalue weighted by Gasteiger charge is -2.23. The molecule has 2 aromatic heterocycles. The SMILES string of the molecule is CCc1[nH]c2c(c1-c1ccc(C(=O)O)cc1)CN(C(O)c1ccncc1)C2. The number of carboxylic acids is 1. The van der Waals surface area contributed by atoms with Crippen molar-refractivity contribution in [3.63, 3.8) is 0 Å². The van der Waals surface area contributed by atoms with E-state index in [0.29, 0.717) is 13.1 Å². The number of aliphatic hydroxyl groups excluding tert-OH is 1. The van der Waals surface area contributed by atoms with Crippen molar-refractivity contribution in [2.75, 3.05) is 0 Å². The Balaban J connectivity index is 1.66. The van der Waals surface area contributed by atoms with Crippen LogP contribution in [0.3, 0.4) is 0 Å². The molecule has 1 aliphatic rings. The zero-order chi connectivity index (χ0) is 19.0. The summed E-state index contributed by atoms with van der Waals surface area (Å²) in [5.74, 6) is -0.928. The van der Waals surface area contributed by atoms with Crippen molar-refractivity contribution in [2.45, 2.75) is 32.7 Å². The largest absolute Gasteiger partial charge is 0.478 e. The van der Waals surface area contributed by atoms with E-state index in [9.17, 15) is 9.90 Å². The van der Waals surface area contributed by atoms with Crippen LogP contribution in [0, 0.1) is 0 Å². The highest BCUT2D eigenvalue weighted by Gasteiger charge is 2.30. The van der Waals surface area contributed by atoms with Gasteiger partial charge in [0.2, 0.25) is 0 Å². The van der Waals surface area contributed by atoms with Crippen LogP contribution < -0.4 is 0 Å². The number of nitrogens with one attached hydrogen (secondary N) is 1. The highest BCUT2D eigenvalue weighted by atomic mass is 16.4. The molecule has 1 atom stereocenters. The molecule has 0 saturated carbocycles. The van der Waals surface area contributed by atoms with Crippen molar-refractivity contribution in [1.82, 2.24) is 14.9 Å². The van der Waals surface area contributed by atoms with Gasteiger partial charge in [-0.1, -0.05) is 19.1 Å². The van der Waals surface area contributed by atoms with Gasteiger partial charge in [0.05, 0.1) is 5.56 Å². The van der Waals surface area contributed by atoms with Gasteiger partial charge in [-0.05, 0) is 47.4 Å². The molecule has 4 rings (SSSR count). The molecule has 6 nitrogen and oxygen atoms in total. The maximum Gasteiger partial charge on any atom is 0.335 e. The van der Waals surface area contributed by atoms with Crippen LogP contribution in [0.2, 0.25) is 0 Å². The molecule has 0 spiro atoms. The van der Waals surface area contributed by atoms with Gasteiger partial charge in [-0.15, -0.1) is 0 Å². The smallest absolute Gasteiger partial charge is 0.335 e. The van der Waals surface area contributed by atoms with E-state index in [2.05, 4.69) is 16.9 Å². The van der Waals surface area contributed by atoms with E-state index < -0.39 is 12.2 Å². The van der Waals surface area contributed by atoms with Crippen molar-refractivity contribution >= 4 is 5.97 Å². The van der Waals surface area contributed by atoms with Crippen molar-refractivity contribution in [2.24, 2.45) is 0 Å². The number of nitrogens with zero attached hydrogens (tertiary/aromatic N) is 2. The lowest BCUT2D eigenvalue weighted by molar-refractivity contribution is -0.00232. The predicted molar refractivity (Wildman–Crippen MR) is 101 cm³/mol. The minimum absolute atomic E-state index is 0.277. The van der Waals surface area contributed by atoms with Crippen LogP contribution in [0.1, 0.15) is 46.0 Å². The standard InChI is InChI=1S/C21H21N3O3/c1-2-17-19(13-3-5-15(6-4-13)21(26)27)16-11-24(12-18(16)23-17)20(25)14-7-9-22-10-8-14/h3-10,20,23,25H,2,11-12H2,1H3,(H,26,27). The van der Waals surface area contributed by atoms with E-state index in [-0.39, 0.29) is 5.56 Å². The Kier molecular flexibility index (Phi) is 4.51. The molecule has 27 heavy (non-hydrogen) atoms. The van der Waals surface area contributed by atoms with Crippen LogP contribution in [0.25, 0.3) is 11.1 Å². The van der Waals surface area contributed by atoms with E-state index in [4.69, 9.17) is 5.11 Å². The number of aromatic carboxylic acids is 1. The number of aromatic nitrogens is 2. The fourth-order valence-electron chi connectivity index (χ4n) is 3.74. The number of pyridine rings is 1. The summed E-state index contributed by atoms with van der Waals surface area (Å²) in [6.45, 7) is 3.37. The van der Waals surface area contributed by atoms with E-state index in [0.717, 1.165) is 34.5 Å². The molecular formula is C21H21N3O3. The van der Waals surface area contributed by atoms with Crippen molar-refractivity contribution < 1.29 is 15.0 Å². The van der Waals surface area contributed by atoms with E-state index in [1.165, 1.54) is 5.56 Å². The summed E-state index contributed by atoms with van der Waals surface area (Å²) in [7, 11) is 0. The monoisotopic (exact) mass is 363 g/mol. The number of aryl methyl sites for hydroxylation is 1. The average Bonchev–Trinajstić information content (AvgIpc) is 3.25. The number of aliphatic hydroxyl groups is 1. The van der Waals surface area contributed by atoms with Crippen LogP contribution in [0.4, 0.5) is 0 Å². The summed E-state index contributed by atoms with van der Waals surface area (Å²) in [5, 5.41) is 19.8. The molecule has 3 aromatic rings. The Morgan fingerprint density at radius 3 is 2.52 bits per heavy atom. The van der Waals surface area contributed by atoms with E-state index in [1.54, 1.807) is 24.5 Å². The second-order valence-corrected chi connectivity index (χ2v) is 6.73. The molecule has 1 aromatic carbocycles. The van der Waals surface area contributed by atoms with Crippen LogP contribution in [-0.4, -0.2) is 31.1 Å². The molecule has 0 amide bonds. The van der Waals surface area contributed by atoms with Gasteiger partial charge in [0.25, 0.3) is 0 Å². The molecule has 6 heteroatoms. The third-order valence-electron chi connectivity index (χ3n) is 5.12. The number of H-pyrrole nitrogens is 1. The number of hydrogen-bond donors (Lipinski definition) is 3. The Morgan fingerprint density at radius 1 is 1.19 bits per heavy atom. The van der Waals surface area contributed by atoms with Gasteiger partial charge in [-0.25, -0.2) is 4.79 Å². The number of benzene rings is 1. The molecule has 3 heterocycles. The van der Waals surface area contributed by atoms with Gasteiger partial charge in [-0.3, -0.25) is 9.88 Å². The zero-order valence-electron chi connectivity index (χ0n) is 15.0. The van der Waals surface area contributed by atoms with Crippen LogP contribution in [0.15, 0.2) is 48.8 Å². The van der Waals surface area contributed by atoms with Crippen molar-refractivity contribution in [3.8, 4) is 11.1 Å². The first kappa shape index (κ1) is 17.5. The zero-order valence-corrected chi connectivity index (χ0v) is 15.0. The summed E-state index contributed by atoms with van der Waals surface area (Å²) in [5.41, 5.74) is 6.63. The lowest BCUT2D eigenvalue weighted by atomic mass is 9.98. The van der Waals surface area contributed by atoms with E-state index in [1.807, 2.05) is 29.2 Å². The van der Waals surface area contributed by atoms with Gasteiger partial charge in [0.15, 0.2) is 0 Å². The topological polar surface area (TPSA) is 89.5 Å². The second-order valence-electron chi connectivity index (χ2n) is 6.73. The van der Waals surface area contributed by atoms with Gasteiger partial charge in [0.1, 0.15) is 6.23 Å². The Morgan fingerprint density at radius 2 is 1.89 bits per heavy atom. The summed E-state index contributed by atoms with van der Waals surface area (Å²) >= 11 is 0. The molecular weight excluding hydrogens is 342 g/mol. The number of hydrogen-bond acceptors (Lipinski definition) is 4. The number of carbonyl (C=O) groups is 1. The molecule has 1 unspecified atom stereocenters. The highest BCUT2D eigenvalue weighted by molar-refractivity contribution is 5.88. The number of fused-ring (bicyclic) bond motifs is 1. The van der Waals surface area contributed by atoms with Crippen LogP contribution in [0.5, 0.6) is 0 Å². The van der Waals surface area contributed by atoms with Crippen LogP contribution >= 0.6 is 0 Å². The van der Waals surface area contributed by atoms with Gasteiger partial charge >= 0.3 is 5.97 Å². The molecule has 0 saturated heterocycles. The fourth-order valence-corrected chi connectivity index (χ4v) is 3.74. The Hall–Kier alpha value is -2.96. The normalized spacial score (nSPS) is 14.9.